The van der Waals surface area contributed by atoms with Gasteiger partial charge in [-0.05, 0) is 13.8 Å². The van der Waals surface area contributed by atoms with Crippen LogP contribution < -0.4 is 0 Å². The molecule has 0 aliphatic rings. The predicted octanol–water partition coefficient (Wildman–Crippen LogP) is 6.31. The van der Waals surface area contributed by atoms with Crippen molar-refractivity contribution in [1.29, 1.82) is 0 Å². The molecule has 0 heterocycles. The van der Waals surface area contributed by atoms with Crippen molar-refractivity contribution in [3.63, 3.8) is 0 Å². The molecule has 170 valence electrons. The molecule has 0 aromatic carbocycles. The van der Waals surface area contributed by atoms with E-state index in [1.807, 2.05) is 0 Å². The first kappa shape index (κ1) is 26.8. The summed E-state index contributed by atoms with van der Waals surface area (Å²) in [5, 5.41) is 0. The van der Waals surface area contributed by atoms with Crippen molar-refractivity contribution in [1.82, 2.24) is 0 Å². The van der Waals surface area contributed by atoms with Gasteiger partial charge in [0.25, 0.3) is 0 Å². The van der Waals surface area contributed by atoms with Gasteiger partial charge in [-0.1, -0.05) is 0 Å². The normalized spacial score (nSPS) is 16.7. The molecule has 28 heavy (non-hydrogen) atoms. The van der Waals surface area contributed by atoms with Gasteiger partial charge < -0.3 is 0 Å². The van der Waals surface area contributed by atoms with Crippen molar-refractivity contribution in [3.8, 4) is 0 Å². The quantitative estimate of drug-likeness (QED) is 0.235. The van der Waals surface area contributed by atoms with E-state index < -0.39 is 52.8 Å². The Balaban J connectivity index is 6.72. The van der Waals surface area contributed by atoms with E-state index in [0.717, 1.165) is 0 Å². The molecule has 0 spiro atoms. The highest BCUT2D eigenvalue weighted by Crippen LogP contribution is 2.63. The van der Waals surface area contributed by atoms with Crippen LogP contribution in [-0.4, -0.2) is 52.8 Å². The van der Waals surface area contributed by atoms with Crippen molar-refractivity contribution in [2.24, 2.45) is 0 Å². The summed E-state index contributed by atoms with van der Waals surface area (Å²) in [4.78, 5) is -5.53. The third kappa shape index (κ3) is 3.05. The molecule has 0 amide bonds. The van der Waals surface area contributed by atoms with Crippen molar-refractivity contribution < 1.29 is 79.7 Å². The van der Waals surface area contributed by atoms with E-state index in [0.29, 0.717) is 0 Å². The summed E-state index contributed by atoms with van der Waals surface area (Å²) in [6.45, 7) is -0.0979. The lowest BCUT2D eigenvalue weighted by Gasteiger charge is -2.41. The number of nitrogens with zero attached hydrogens (tertiary/aromatic N) is 1. The van der Waals surface area contributed by atoms with Crippen molar-refractivity contribution in [2.75, 3.05) is 0 Å². The van der Waals surface area contributed by atoms with Crippen LogP contribution >= 0.6 is 0 Å². The Morgan fingerprint density at radius 3 is 0.964 bits per heavy atom. The molecule has 0 aliphatic heterocycles. The molecule has 0 unspecified atom stereocenters. The number of hydrogen-bond donors (Lipinski definition) is 0. The lowest BCUT2D eigenvalue weighted by atomic mass is 9.92. The van der Waals surface area contributed by atoms with Gasteiger partial charge in [0.15, 0.2) is 6.04 Å². The van der Waals surface area contributed by atoms with Crippen molar-refractivity contribution >= 4 is 0 Å². The van der Waals surface area contributed by atoms with Gasteiger partial charge in [-0.25, -0.2) is 0 Å². The largest absolute Gasteiger partial charge is 0.535 e. The molecule has 0 saturated heterocycles. The third-order valence-corrected chi connectivity index (χ3v) is 3.33. The highest BCUT2D eigenvalue weighted by Gasteiger charge is 2.97. The SMILES string of the molecule is CC(C)[N+](F)(F)C(F)(F)C(F)(F)C(F)(F)C(F)(F)C(F)(F)C(F)(F)C(F)(F)F. The molecule has 0 fully saturated rings. The highest BCUT2D eigenvalue weighted by molar-refractivity contribution is 5.11. The molecule has 0 rings (SSSR count). The van der Waals surface area contributed by atoms with Gasteiger partial charge in [-0.3, -0.25) is 0 Å². The Kier molecular flexibility index (Phi) is 6.10. The second kappa shape index (κ2) is 6.38. The molecule has 0 atom stereocenters. The summed E-state index contributed by atoms with van der Waals surface area (Å²) >= 11 is 0. The summed E-state index contributed by atoms with van der Waals surface area (Å²) in [6, 6.07) is -10.7. The molecule has 18 heteroatoms. The Labute approximate surface area is 143 Å². The highest BCUT2D eigenvalue weighted by atomic mass is 19.4. The fraction of sp³-hybridized carbons (Fsp3) is 1.00. The van der Waals surface area contributed by atoms with Gasteiger partial charge in [0, 0.05) is 8.96 Å². The maximum Gasteiger partial charge on any atom is 0.535 e. The standard InChI is InChI=1S/C10H7F17N/c1-3(2)28(26,27)10(24,25)8(19,20)6(15,16)4(11,12)5(13,14)7(17,18)9(21,22)23/h3H,1-2H3/q+1. The van der Waals surface area contributed by atoms with Crippen LogP contribution in [0.5, 0.6) is 0 Å². The molecular formula is C10H7F17N+. The fourth-order valence-electron chi connectivity index (χ4n) is 1.47. The topological polar surface area (TPSA) is 0 Å². The average Bonchev–Trinajstić information content (AvgIpc) is 2.44. The predicted molar refractivity (Wildman–Crippen MR) is 53.3 cm³/mol. The number of quaternary nitrogens is 1. The summed E-state index contributed by atoms with van der Waals surface area (Å²) < 4.78 is 218. The van der Waals surface area contributed by atoms with Gasteiger partial charge >= 0.3 is 41.8 Å². The zero-order chi connectivity index (χ0) is 23.6. The molecule has 1 nitrogen and oxygen atoms in total. The van der Waals surface area contributed by atoms with Crippen LogP contribution in [0.3, 0.4) is 0 Å². The monoisotopic (exact) mass is 464 g/mol. The number of alkyl halides is 15. The summed E-state index contributed by atoms with van der Waals surface area (Å²) in [5.74, 6) is -41.9. The maximum absolute atomic E-state index is 13.2. The third-order valence-electron chi connectivity index (χ3n) is 3.33. The molecule has 0 aromatic rings. The number of rotatable bonds is 7. The number of hydrogen-bond acceptors (Lipinski definition) is 0. The second-order valence-electron chi connectivity index (χ2n) is 5.56. The van der Waals surface area contributed by atoms with Crippen LogP contribution in [0.1, 0.15) is 13.8 Å². The van der Waals surface area contributed by atoms with E-state index in [-0.39, 0.29) is 13.8 Å². The minimum Gasteiger partial charge on any atom is -0.192 e. The van der Waals surface area contributed by atoms with Gasteiger partial charge in [0.1, 0.15) is 4.93 Å². The lowest BCUT2D eigenvalue weighted by Crippen LogP contribution is -2.75. The maximum atomic E-state index is 13.2. The van der Waals surface area contributed by atoms with Gasteiger partial charge in [-0.2, -0.15) is 57.1 Å². The Bertz CT molecular complexity index is 571. The molecule has 0 bridgehead atoms. The van der Waals surface area contributed by atoms with Gasteiger partial charge in [-0.15, -0.1) is 8.78 Å². The van der Waals surface area contributed by atoms with E-state index in [2.05, 4.69) is 0 Å². The van der Waals surface area contributed by atoms with Crippen LogP contribution in [0.4, 0.5) is 74.8 Å². The first-order valence-corrected chi connectivity index (χ1v) is 6.31. The summed E-state index contributed by atoms with van der Waals surface area (Å²) in [6.07, 6.45) is -7.74. The second-order valence-corrected chi connectivity index (χ2v) is 5.56. The first-order chi connectivity index (χ1) is 11.7. The fourth-order valence-corrected chi connectivity index (χ4v) is 1.47. The summed E-state index contributed by atoms with van der Waals surface area (Å²) in [5.41, 5.74) is 0. The van der Waals surface area contributed by atoms with Crippen LogP contribution in [-0.2, 0) is 0 Å². The first-order valence-electron chi connectivity index (χ1n) is 6.31. The van der Waals surface area contributed by atoms with Crippen LogP contribution in [0, 0.1) is 0 Å². The number of halogens is 17. The minimum absolute atomic E-state index is 0.0489. The Hall–Kier alpha value is -1.23. The Morgan fingerprint density at radius 2 is 0.714 bits per heavy atom. The molecule has 0 aliphatic carbocycles. The lowest BCUT2D eigenvalue weighted by molar-refractivity contribution is -1.24. The zero-order valence-corrected chi connectivity index (χ0v) is 12.9. The summed E-state index contributed by atoms with van der Waals surface area (Å²) in [7, 11) is 0. The van der Waals surface area contributed by atoms with Gasteiger partial charge in [0.2, 0.25) is 0 Å². The molecule has 0 saturated carbocycles. The van der Waals surface area contributed by atoms with E-state index in [4.69, 9.17) is 0 Å². The molecule has 0 radical (unpaired) electrons. The van der Waals surface area contributed by atoms with Crippen molar-refractivity contribution in [3.05, 3.63) is 0 Å². The van der Waals surface area contributed by atoms with Crippen LogP contribution in [0.15, 0.2) is 0 Å². The smallest absolute Gasteiger partial charge is 0.192 e. The van der Waals surface area contributed by atoms with E-state index >= 15 is 0 Å². The van der Waals surface area contributed by atoms with Crippen LogP contribution in [0.2, 0.25) is 0 Å². The van der Waals surface area contributed by atoms with E-state index in [9.17, 15) is 74.8 Å². The van der Waals surface area contributed by atoms with E-state index in [1.54, 1.807) is 0 Å². The molecular weight excluding hydrogens is 457 g/mol. The zero-order valence-electron chi connectivity index (χ0n) is 12.9. The minimum atomic E-state index is -8.58. The van der Waals surface area contributed by atoms with E-state index in [1.165, 1.54) is 0 Å². The molecule has 0 N–H and O–H groups in total. The average molecular weight is 464 g/mol. The van der Waals surface area contributed by atoms with Gasteiger partial charge in [0.05, 0.1) is 0 Å². The van der Waals surface area contributed by atoms with Crippen LogP contribution in [0.25, 0.3) is 0 Å². The van der Waals surface area contributed by atoms with Crippen molar-refractivity contribution in [2.45, 2.75) is 61.7 Å². The molecule has 0 aromatic heterocycles. The Morgan fingerprint density at radius 1 is 0.464 bits per heavy atom.